The summed E-state index contributed by atoms with van der Waals surface area (Å²) in [6.45, 7) is 4.41. The van der Waals surface area contributed by atoms with Gasteiger partial charge in [-0.15, -0.1) is 0 Å². The molecule has 3 unspecified atom stereocenters. The Hall–Kier alpha value is -1.89. The Bertz CT molecular complexity index is 489. The van der Waals surface area contributed by atoms with Gasteiger partial charge in [-0.05, 0) is 36.8 Å². The molecule has 1 N–H and O–H groups in total. The van der Waals surface area contributed by atoms with Crippen molar-refractivity contribution in [2.45, 2.75) is 39.2 Å². The van der Waals surface area contributed by atoms with Crippen molar-refractivity contribution in [1.29, 1.82) is 5.26 Å². The van der Waals surface area contributed by atoms with E-state index >= 15 is 0 Å². The maximum atomic E-state index is 12.1. The second-order valence-corrected chi connectivity index (χ2v) is 5.23. The van der Waals surface area contributed by atoms with E-state index in [-0.39, 0.29) is 11.9 Å². The number of aromatic nitrogens is 1. The number of carbonyl (C=O) groups is 1. The summed E-state index contributed by atoms with van der Waals surface area (Å²) in [6.07, 6.45) is 4.83. The zero-order valence-corrected chi connectivity index (χ0v) is 11.4. The Morgan fingerprint density at radius 3 is 2.84 bits per heavy atom. The Balaban J connectivity index is 1.99. The molecule has 1 aliphatic carbocycles. The van der Waals surface area contributed by atoms with Crippen LogP contribution in [0.2, 0.25) is 0 Å². The Labute approximate surface area is 113 Å². The van der Waals surface area contributed by atoms with Crippen molar-refractivity contribution in [3.8, 4) is 6.07 Å². The standard InChI is InChI=1S/C15H19N3O/c1-3-12-5-7-13(10(12)2)18-15(19)14-6-4-11(8-16)9-17-14/h4,6,9-10,12-13H,3,5,7H2,1-2H3,(H,18,19). The van der Waals surface area contributed by atoms with Gasteiger partial charge in [0.25, 0.3) is 5.91 Å². The second kappa shape index (κ2) is 5.83. The lowest BCUT2D eigenvalue weighted by molar-refractivity contribution is 0.0921. The van der Waals surface area contributed by atoms with Crippen LogP contribution in [-0.2, 0) is 0 Å². The molecule has 0 radical (unpaired) electrons. The third-order valence-corrected chi connectivity index (χ3v) is 4.19. The van der Waals surface area contributed by atoms with Crippen LogP contribution in [0.25, 0.3) is 0 Å². The van der Waals surface area contributed by atoms with Crippen LogP contribution in [0.1, 0.15) is 49.2 Å². The number of hydrogen-bond donors (Lipinski definition) is 1. The highest BCUT2D eigenvalue weighted by Gasteiger charge is 2.32. The van der Waals surface area contributed by atoms with Gasteiger partial charge in [0.05, 0.1) is 5.56 Å². The van der Waals surface area contributed by atoms with Crippen LogP contribution in [0.3, 0.4) is 0 Å². The Morgan fingerprint density at radius 1 is 1.53 bits per heavy atom. The molecule has 4 nitrogen and oxygen atoms in total. The summed E-state index contributed by atoms with van der Waals surface area (Å²) in [6, 6.07) is 5.46. The summed E-state index contributed by atoms with van der Waals surface area (Å²) in [5.41, 5.74) is 0.850. The van der Waals surface area contributed by atoms with Gasteiger partial charge in [0.15, 0.2) is 0 Å². The van der Waals surface area contributed by atoms with E-state index in [1.54, 1.807) is 12.1 Å². The zero-order valence-electron chi connectivity index (χ0n) is 11.4. The van der Waals surface area contributed by atoms with Crippen LogP contribution in [0.4, 0.5) is 0 Å². The third kappa shape index (κ3) is 2.93. The van der Waals surface area contributed by atoms with E-state index in [0.717, 1.165) is 6.42 Å². The Morgan fingerprint density at radius 2 is 2.32 bits per heavy atom. The molecule has 1 amide bonds. The highest BCUT2D eigenvalue weighted by atomic mass is 16.1. The van der Waals surface area contributed by atoms with Crippen LogP contribution in [0, 0.1) is 23.2 Å². The topological polar surface area (TPSA) is 65.8 Å². The fourth-order valence-electron chi connectivity index (χ4n) is 2.86. The number of rotatable bonds is 3. The summed E-state index contributed by atoms with van der Waals surface area (Å²) in [7, 11) is 0. The second-order valence-electron chi connectivity index (χ2n) is 5.23. The van der Waals surface area contributed by atoms with Crippen LogP contribution in [-0.4, -0.2) is 16.9 Å². The predicted molar refractivity (Wildman–Crippen MR) is 72.4 cm³/mol. The van der Waals surface area contributed by atoms with E-state index in [1.807, 2.05) is 6.07 Å². The first-order valence-corrected chi connectivity index (χ1v) is 6.82. The van der Waals surface area contributed by atoms with Gasteiger partial charge >= 0.3 is 0 Å². The molecule has 0 bridgehead atoms. The smallest absolute Gasteiger partial charge is 0.270 e. The largest absolute Gasteiger partial charge is 0.348 e. The van der Waals surface area contributed by atoms with Gasteiger partial charge in [0.1, 0.15) is 11.8 Å². The fraction of sp³-hybridized carbons (Fsp3) is 0.533. The molecule has 1 aliphatic rings. The van der Waals surface area contributed by atoms with Crippen LogP contribution in [0.15, 0.2) is 18.3 Å². The van der Waals surface area contributed by atoms with Gasteiger partial charge in [-0.1, -0.05) is 20.3 Å². The molecule has 1 aromatic heterocycles. The molecule has 4 heteroatoms. The molecular weight excluding hydrogens is 238 g/mol. The molecule has 0 saturated heterocycles. The van der Waals surface area contributed by atoms with Crippen molar-refractivity contribution >= 4 is 5.91 Å². The lowest BCUT2D eigenvalue weighted by Crippen LogP contribution is -2.37. The number of carbonyl (C=O) groups excluding carboxylic acids is 1. The maximum absolute atomic E-state index is 12.1. The normalized spacial score (nSPS) is 25.8. The molecule has 100 valence electrons. The summed E-state index contributed by atoms with van der Waals surface area (Å²) in [5.74, 6) is 1.09. The van der Waals surface area contributed by atoms with Gasteiger partial charge in [-0.2, -0.15) is 5.26 Å². The first-order chi connectivity index (χ1) is 9.15. The van der Waals surface area contributed by atoms with Gasteiger partial charge in [0, 0.05) is 12.2 Å². The van der Waals surface area contributed by atoms with Gasteiger partial charge in [-0.3, -0.25) is 4.79 Å². The minimum Gasteiger partial charge on any atom is -0.348 e. The van der Waals surface area contributed by atoms with Crippen molar-refractivity contribution in [2.75, 3.05) is 0 Å². The first kappa shape index (κ1) is 13.5. The molecule has 1 heterocycles. The number of hydrogen-bond acceptors (Lipinski definition) is 3. The number of amides is 1. The van der Waals surface area contributed by atoms with E-state index < -0.39 is 0 Å². The minimum atomic E-state index is -0.141. The summed E-state index contributed by atoms with van der Waals surface area (Å²) >= 11 is 0. The first-order valence-electron chi connectivity index (χ1n) is 6.82. The van der Waals surface area contributed by atoms with Gasteiger partial charge in [0.2, 0.25) is 0 Å². The fourth-order valence-corrected chi connectivity index (χ4v) is 2.86. The lowest BCUT2D eigenvalue weighted by atomic mass is 9.93. The molecule has 1 aromatic rings. The molecule has 1 fully saturated rings. The van der Waals surface area contributed by atoms with Crippen molar-refractivity contribution in [2.24, 2.45) is 11.8 Å². The maximum Gasteiger partial charge on any atom is 0.270 e. The van der Waals surface area contributed by atoms with Crippen molar-refractivity contribution in [3.05, 3.63) is 29.6 Å². The van der Waals surface area contributed by atoms with Crippen LogP contribution in [0.5, 0.6) is 0 Å². The summed E-state index contributed by atoms with van der Waals surface area (Å²) < 4.78 is 0. The highest BCUT2D eigenvalue weighted by molar-refractivity contribution is 5.92. The quantitative estimate of drug-likeness (QED) is 0.904. The predicted octanol–water partition coefficient (Wildman–Crippen LogP) is 2.51. The molecule has 3 atom stereocenters. The number of nitrogens with zero attached hydrogens (tertiary/aromatic N) is 2. The number of pyridine rings is 1. The molecule has 0 aliphatic heterocycles. The minimum absolute atomic E-state index is 0.141. The van der Waals surface area contributed by atoms with Crippen LogP contribution < -0.4 is 5.32 Å². The summed E-state index contributed by atoms with van der Waals surface area (Å²) in [5, 5.41) is 11.8. The van der Waals surface area contributed by atoms with Gasteiger partial charge < -0.3 is 5.32 Å². The SMILES string of the molecule is CCC1CCC(NC(=O)c2ccc(C#N)cn2)C1C. The van der Waals surface area contributed by atoms with Crippen molar-refractivity contribution < 1.29 is 4.79 Å². The number of nitrogens with one attached hydrogen (secondary N) is 1. The molecule has 1 saturated carbocycles. The van der Waals surface area contributed by atoms with E-state index in [1.165, 1.54) is 19.0 Å². The molecule has 0 aromatic carbocycles. The van der Waals surface area contributed by atoms with Gasteiger partial charge in [-0.25, -0.2) is 4.98 Å². The molecular formula is C15H19N3O. The molecule has 2 rings (SSSR count). The van der Waals surface area contributed by atoms with Crippen LogP contribution >= 0.6 is 0 Å². The zero-order chi connectivity index (χ0) is 13.8. The average Bonchev–Trinajstić information content (AvgIpc) is 2.79. The number of nitriles is 1. The van der Waals surface area contributed by atoms with E-state index in [2.05, 4.69) is 24.1 Å². The van der Waals surface area contributed by atoms with E-state index in [0.29, 0.717) is 23.1 Å². The van der Waals surface area contributed by atoms with E-state index in [9.17, 15) is 4.79 Å². The third-order valence-electron chi connectivity index (χ3n) is 4.19. The highest BCUT2D eigenvalue weighted by Crippen LogP contribution is 2.33. The van der Waals surface area contributed by atoms with E-state index in [4.69, 9.17) is 5.26 Å². The van der Waals surface area contributed by atoms with Crippen molar-refractivity contribution in [1.82, 2.24) is 10.3 Å². The lowest BCUT2D eigenvalue weighted by Gasteiger charge is -2.20. The summed E-state index contributed by atoms with van der Waals surface area (Å²) in [4.78, 5) is 16.1. The monoisotopic (exact) mass is 257 g/mol. The average molecular weight is 257 g/mol. The molecule has 0 spiro atoms. The van der Waals surface area contributed by atoms with Crippen molar-refractivity contribution in [3.63, 3.8) is 0 Å². The molecule has 19 heavy (non-hydrogen) atoms. The Kier molecular flexibility index (Phi) is 4.16.